The van der Waals surface area contributed by atoms with Gasteiger partial charge in [0.1, 0.15) is 5.82 Å². The van der Waals surface area contributed by atoms with Crippen molar-refractivity contribution in [1.29, 1.82) is 0 Å². The molecule has 0 aliphatic carbocycles. The van der Waals surface area contributed by atoms with Gasteiger partial charge in [0.15, 0.2) is 5.65 Å². The molecule has 20 heavy (non-hydrogen) atoms. The molecule has 2 heterocycles. The summed E-state index contributed by atoms with van der Waals surface area (Å²) in [7, 11) is 0. The Hall–Kier alpha value is -2.38. The third-order valence-electron chi connectivity index (χ3n) is 2.87. The average molecular weight is 290 g/mol. The van der Waals surface area contributed by atoms with Crippen LogP contribution in [0.2, 0.25) is 5.02 Å². The number of nitrogens with two attached hydrogens (primary N) is 1. The molecule has 3 aromatic rings. The van der Waals surface area contributed by atoms with Crippen molar-refractivity contribution in [3.63, 3.8) is 0 Å². The minimum atomic E-state index is 0.294. The first-order chi connectivity index (χ1) is 9.67. The maximum absolute atomic E-state index is 6.11. The van der Waals surface area contributed by atoms with Crippen LogP contribution in [-0.2, 0) is 0 Å². The minimum absolute atomic E-state index is 0.294. The Balaban J connectivity index is 2.04. The van der Waals surface area contributed by atoms with Gasteiger partial charge in [-0.3, -0.25) is 10.5 Å². The second kappa shape index (κ2) is 4.95. The van der Waals surface area contributed by atoms with Crippen molar-refractivity contribution in [2.75, 3.05) is 10.7 Å². The van der Waals surface area contributed by atoms with E-state index in [2.05, 4.69) is 30.9 Å². The molecule has 5 N–H and O–H groups in total. The number of hydrogen-bond acceptors (Lipinski definition) is 6. The van der Waals surface area contributed by atoms with Crippen molar-refractivity contribution in [1.82, 2.24) is 20.2 Å². The monoisotopic (exact) mass is 289 g/mol. The van der Waals surface area contributed by atoms with Crippen LogP contribution in [-0.4, -0.2) is 20.2 Å². The Morgan fingerprint density at radius 3 is 2.90 bits per heavy atom. The molecule has 2 aromatic heterocycles. The van der Waals surface area contributed by atoms with Crippen molar-refractivity contribution < 1.29 is 0 Å². The number of aromatic amines is 1. The lowest BCUT2D eigenvalue weighted by Gasteiger charge is -2.09. The van der Waals surface area contributed by atoms with Gasteiger partial charge in [0.2, 0.25) is 5.95 Å². The molecule has 0 aliphatic heterocycles. The van der Waals surface area contributed by atoms with Gasteiger partial charge in [-0.05, 0) is 24.6 Å². The van der Waals surface area contributed by atoms with Gasteiger partial charge in [-0.2, -0.15) is 15.1 Å². The summed E-state index contributed by atoms with van der Waals surface area (Å²) in [6.07, 6.45) is 1.65. The van der Waals surface area contributed by atoms with Crippen LogP contribution in [0, 0.1) is 6.92 Å². The Bertz CT molecular complexity index is 768. The Kier molecular flexibility index (Phi) is 3.13. The van der Waals surface area contributed by atoms with E-state index in [1.54, 1.807) is 6.20 Å². The SMILES string of the molecule is Cc1ccc(Nc2nc(NN)nc3[nH]ncc23)cc1Cl. The first-order valence-electron chi connectivity index (χ1n) is 5.88. The maximum Gasteiger partial charge on any atom is 0.241 e. The van der Waals surface area contributed by atoms with Crippen LogP contribution in [0.4, 0.5) is 17.5 Å². The first-order valence-corrected chi connectivity index (χ1v) is 6.26. The highest BCUT2D eigenvalue weighted by Crippen LogP contribution is 2.26. The molecule has 0 aliphatic rings. The normalized spacial score (nSPS) is 10.8. The lowest BCUT2D eigenvalue weighted by atomic mass is 10.2. The van der Waals surface area contributed by atoms with E-state index in [1.165, 1.54) is 0 Å². The highest BCUT2D eigenvalue weighted by molar-refractivity contribution is 6.31. The second-order valence-electron chi connectivity index (χ2n) is 4.26. The molecule has 0 radical (unpaired) electrons. The molecule has 0 unspecified atom stereocenters. The fourth-order valence-electron chi connectivity index (χ4n) is 1.80. The first kappa shape index (κ1) is 12.6. The van der Waals surface area contributed by atoms with Gasteiger partial charge in [0.25, 0.3) is 0 Å². The predicted molar refractivity (Wildman–Crippen MR) is 79.0 cm³/mol. The van der Waals surface area contributed by atoms with Crippen LogP contribution in [0.25, 0.3) is 11.0 Å². The number of hydrazine groups is 1. The van der Waals surface area contributed by atoms with E-state index in [-0.39, 0.29) is 0 Å². The van der Waals surface area contributed by atoms with Crippen LogP contribution in [0.1, 0.15) is 5.56 Å². The van der Waals surface area contributed by atoms with E-state index in [0.717, 1.165) is 16.6 Å². The molecule has 7 nitrogen and oxygen atoms in total. The second-order valence-corrected chi connectivity index (χ2v) is 4.67. The van der Waals surface area contributed by atoms with Gasteiger partial charge < -0.3 is 5.32 Å². The van der Waals surface area contributed by atoms with E-state index in [9.17, 15) is 0 Å². The molecule has 0 saturated carbocycles. The van der Waals surface area contributed by atoms with E-state index in [1.807, 2.05) is 25.1 Å². The summed E-state index contributed by atoms with van der Waals surface area (Å²) in [6, 6.07) is 5.69. The number of nitrogens with zero attached hydrogens (tertiary/aromatic N) is 3. The van der Waals surface area contributed by atoms with Gasteiger partial charge in [-0.15, -0.1) is 0 Å². The zero-order valence-electron chi connectivity index (χ0n) is 10.6. The number of hydrogen-bond donors (Lipinski definition) is 4. The number of benzene rings is 1. The molecule has 3 rings (SSSR count). The van der Waals surface area contributed by atoms with Crippen molar-refractivity contribution in [2.24, 2.45) is 5.84 Å². The van der Waals surface area contributed by atoms with Crippen LogP contribution in [0.3, 0.4) is 0 Å². The average Bonchev–Trinajstić information content (AvgIpc) is 2.91. The van der Waals surface area contributed by atoms with Crippen molar-refractivity contribution >= 4 is 40.1 Å². The topological polar surface area (TPSA) is 105 Å². The molecule has 102 valence electrons. The molecule has 0 atom stereocenters. The summed E-state index contributed by atoms with van der Waals surface area (Å²) < 4.78 is 0. The van der Waals surface area contributed by atoms with Crippen LogP contribution in [0.15, 0.2) is 24.4 Å². The van der Waals surface area contributed by atoms with Crippen molar-refractivity contribution in [3.05, 3.63) is 35.0 Å². The molecular weight excluding hydrogens is 278 g/mol. The summed E-state index contributed by atoms with van der Waals surface area (Å²) in [5, 5.41) is 11.4. The van der Waals surface area contributed by atoms with Gasteiger partial charge in [0.05, 0.1) is 11.6 Å². The van der Waals surface area contributed by atoms with Gasteiger partial charge in [-0.1, -0.05) is 17.7 Å². The lowest BCUT2D eigenvalue weighted by Crippen LogP contribution is -2.11. The number of H-pyrrole nitrogens is 1. The number of anilines is 3. The Labute approximate surface area is 119 Å². The third-order valence-corrected chi connectivity index (χ3v) is 3.28. The molecule has 0 spiro atoms. The molecule has 0 bridgehead atoms. The number of rotatable bonds is 3. The largest absolute Gasteiger partial charge is 0.339 e. The fourth-order valence-corrected chi connectivity index (χ4v) is 1.98. The van der Waals surface area contributed by atoms with Crippen LogP contribution < -0.4 is 16.6 Å². The molecule has 0 amide bonds. The number of aromatic nitrogens is 4. The summed E-state index contributed by atoms with van der Waals surface area (Å²) in [6.45, 7) is 1.95. The highest BCUT2D eigenvalue weighted by Gasteiger charge is 2.09. The van der Waals surface area contributed by atoms with Gasteiger partial charge >= 0.3 is 0 Å². The highest BCUT2D eigenvalue weighted by atomic mass is 35.5. The predicted octanol–water partition coefficient (Wildman–Crippen LogP) is 2.34. The van der Waals surface area contributed by atoms with E-state index in [4.69, 9.17) is 17.4 Å². The van der Waals surface area contributed by atoms with Gasteiger partial charge in [0, 0.05) is 10.7 Å². The van der Waals surface area contributed by atoms with Crippen molar-refractivity contribution in [2.45, 2.75) is 6.92 Å². The molecule has 8 heteroatoms. The summed E-state index contributed by atoms with van der Waals surface area (Å²) in [5.41, 5.74) is 4.85. The number of aryl methyl sites for hydroxylation is 1. The quantitative estimate of drug-likeness (QED) is 0.436. The third kappa shape index (κ3) is 2.24. The standard InChI is InChI=1S/C12H12ClN7/c1-6-2-3-7(4-9(6)13)16-10-8-5-15-20-11(8)18-12(17-10)19-14/h2-5H,14H2,1H3,(H3,15,16,17,18,19,20). The Morgan fingerprint density at radius 1 is 1.30 bits per heavy atom. The van der Waals surface area contributed by atoms with Gasteiger partial charge in [-0.25, -0.2) is 5.84 Å². The zero-order chi connectivity index (χ0) is 14.1. The van der Waals surface area contributed by atoms with E-state index >= 15 is 0 Å². The number of halogens is 1. The van der Waals surface area contributed by atoms with Crippen LogP contribution >= 0.6 is 11.6 Å². The maximum atomic E-state index is 6.11. The minimum Gasteiger partial charge on any atom is -0.339 e. The summed E-state index contributed by atoms with van der Waals surface area (Å²) in [5.74, 6) is 6.25. The lowest BCUT2D eigenvalue weighted by molar-refractivity contribution is 1.08. The number of nitrogen functional groups attached to an aromatic ring is 1. The molecule has 1 aromatic carbocycles. The fraction of sp³-hybridized carbons (Fsp3) is 0.0833. The molecular formula is C12H12ClN7. The number of nitrogens with one attached hydrogen (secondary N) is 3. The smallest absolute Gasteiger partial charge is 0.241 e. The summed E-state index contributed by atoms with van der Waals surface area (Å²) in [4.78, 5) is 8.43. The molecule has 0 fully saturated rings. The van der Waals surface area contributed by atoms with E-state index in [0.29, 0.717) is 22.4 Å². The van der Waals surface area contributed by atoms with Crippen LogP contribution in [0.5, 0.6) is 0 Å². The van der Waals surface area contributed by atoms with E-state index < -0.39 is 0 Å². The molecule has 0 saturated heterocycles. The Morgan fingerprint density at radius 2 is 2.15 bits per heavy atom. The number of fused-ring (bicyclic) bond motifs is 1. The summed E-state index contributed by atoms with van der Waals surface area (Å²) >= 11 is 6.11. The zero-order valence-corrected chi connectivity index (χ0v) is 11.4. The van der Waals surface area contributed by atoms with Crippen molar-refractivity contribution in [3.8, 4) is 0 Å².